The fraction of sp³-hybridized carbons (Fsp3) is 0.364. The number of benzene rings is 1. The third-order valence-corrected chi connectivity index (χ3v) is 5.39. The maximum atomic E-state index is 11.9. The molecule has 1 rings (SSSR count). The Hall–Kier alpha value is -0.440. The van der Waals surface area contributed by atoms with E-state index in [0.29, 0.717) is 10.0 Å². The van der Waals surface area contributed by atoms with Gasteiger partial charge in [-0.2, -0.15) is 0 Å². The fourth-order valence-electron chi connectivity index (χ4n) is 1.24. The van der Waals surface area contributed by atoms with Crippen molar-refractivity contribution in [1.29, 1.82) is 0 Å². The van der Waals surface area contributed by atoms with Crippen molar-refractivity contribution in [2.24, 2.45) is 0 Å². The molecule has 1 amide bonds. The average molecular weight is 414 g/mol. The first-order chi connectivity index (χ1) is 8.74. The van der Waals surface area contributed by atoms with Crippen LogP contribution in [0, 0.1) is 0 Å². The van der Waals surface area contributed by atoms with E-state index in [2.05, 4.69) is 37.2 Å². The largest absolute Gasteiger partial charge is 0.351 e. The van der Waals surface area contributed by atoms with E-state index in [1.54, 1.807) is 18.2 Å². The van der Waals surface area contributed by atoms with Gasteiger partial charge in [0.25, 0.3) is 5.91 Å². The Morgan fingerprint density at radius 2 is 1.95 bits per heavy atom. The molecule has 0 radical (unpaired) electrons. The number of amides is 1. The lowest BCUT2D eigenvalue weighted by atomic mass is 10.2. The summed E-state index contributed by atoms with van der Waals surface area (Å²) in [6.45, 7) is 0.0678. The third-order valence-electron chi connectivity index (χ3n) is 2.37. The van der Waals surface area contributed by atoms with E-state index in [-0.39, 0.29) is 18.2 Å². The second-order valence-electron chi connectivity index (χ2n) is 3.98. The zero-order chi connectivity index (χ0) is 14.6. The highest BCUT2D eigenvalue weighted by molar-refractivity contribution is 9.11. The van der Waals surface area contributed by atoms with Crippen molar-refractivity contribution in [3.63, 3.8) is 0 Å². The van der Waals surface area contributed by atoms with Gasteiger partial charge in [-0.1, -0.05) is 15.9 Å². The summed E-state index contributed by atoms with van der Waals surface area (Å²) in [5.41, 5.74) is 0.455. The normalized spacial score (nSPS) is 11.6. The molecule has 0 heterocycles. The molecular formula is C11H14Br2N2O3S. The number of carbonyl (C=O) groups is 1. The second-order valence-corrected chi connectivity index (χ2v) is 8.05. The Labute approximate surface area is 129 Å². The van der Waals surface area contributed by atoms with Crippen LogP contribution in [0.15, 0.2) is 27.1 Å². The van der Waals surface area contributed by atoms with Gasteiger partial charge in [0.05, 0.1) is 11.3 Å². The number of hydrogen-bond donors (Lipinski definition) is 1. The zero-order valence-corrected chi connectivity index (χ0v) is 14.5. The van der Waals surface area contributed by atoms with Gasteiger partial charge in [-0.3, -0.25) is 4.79 Å². The lowest BCUT2D eigenvalue weighted by molar-refractivity contribution is 0.0955. The maximum Gasteiger partial charge on any atom is 0.252 e. The molecule has 1 N–H and O–H groups in total. The number of hydrogen-bond acceptors (Lipinski definition) is 3. The van der Waals surface area contributed by atoms with Crippen molar-refractivity contribution in [3.05, 3.63) is 32.7 Å². The molecule has 106 valence electrons. The number of nitrogens with one attached hydrogen (secondary N) is 1. The molecule has 1 aromatic carbocycles. The van der Waals surface area contributed by atoms with Crippen LogP contribution >= 0.6 is 31.9 Å². The van der Waals surface area contributed by atoms with Gasteiger partial charge < -0.3 is 5.32 Å². The molecule has 1 aromatic rings. The van der Waals surface area contributed by atoms with Crippen LogP contribution in [0.5, 0.6) is 0 Å². The first-order valence-electron chi connectivity index (χ1n) is 5.37. The van der Waals surface area contributed by atoms with Crippen LogP contribution < -0.4 is 5.32 Å². The summed E-state index contributed by atoms with van der Waals surface area (Å²) in [4.78, 5) is 11.9. The molecule has 0 unspecified atom stereocenters. The number of halogens is 2. The highest BCUT2D eigenvalue weighted by Gasteiger charge is 2.15. The van der Waals surface area contributed by atoms with Gasteiger partial charge in [-0.05, 0) is 34.1 Å². The van der Waals surface area contributed by atoms with Crippen molar-refractivity contribution in [2.45, 2.75) is 0 Å². The Kier molecular flexibility index (Phi) is 5.97. The van der Waals surface area contributed by atoms with Crippen molar-refractivity contribution in [3.8, 4) is 0 Å². The predicted octanol–water partition coefficient (Wildman–Crippen LogP) is 1.83. The van der Waals surface area contributed by atoms with Crippen LogP contribution in [0.3, 0.4) is 0 Å². The summed E-state index contributed by atoms with van der Waals surface area (Å²) in [6.07, 6.45) is 0. The number of rotatable bonds is 5. The average Bonchev–Trinajstić information content (AvgIpc) is 2.31. The Balaban J connectivity index is 2.64. The van der Waals surface area contributed by atoms with Gasteiger partial charge in [0.1, 0.15) is 0 Å². The lowest BCUT2D eigenvalue weighted by Gasteiger charge is -2.12. The van der Waals surface area contributed by atoms with E-state index in [0.717, 1.165) is 8.78 Å². The maximum absolute atomic E-state index is 11.9. The standard InChI is InChI=1S/C11H14Br2N2O3S/c1-15(2)19(17,18)6-5-14-11(16)9-7-8(12)3-4-10(9)13/h3-4,7H,5-6H2,1-2H3,(H,14,16). The highest BCUT2D eigenvalue weighted by Crippen LogP contribution is 2.21. The van der Waals surface area contributed by atoms with Crippen molar-refractivity contribution in [1.82, 2.24) is 9.62 Å². The molecule has 0 aliphatic carbocycles. The summed E-state index contributed by atoms with van der Waals surface area (Å²) in [6, 6.07) is 5.22. The van der Waals surface area contributed by atoms with Crippen LogP contribution in [-0.2, 0) is 10.0 Å². The van der Waals surface area contributed by atoms with Gasteiger partial charge in [0.15, 0.2) is 0 Å². The van der Waals surface area contributed by atoms with E-state index in [1.165, 1.54) is 14.1 Å². The molecule has 5 nitrogen and oxygen atoms in total. The quantitative estimate of drug-likeness (QED) is 0.800. The van der Waals surface area contributed by atoms with Gasteiger partial charge in [0.2, 0.25) is 10.0 Å². The topological polar surface area (TPSA) is 66.5 Å². The Morgan fingerprint density at radius 3 is 2.53 bits per heavy atom. The smallest absolute Gasteiger partial charge is 0.252 e. The summed E-state index contributed by atoms with van der Waals surface area (Å²) in [5.74, 6) is -0.445. The van der Waals surface area contributed by atoms with Crippen molar-refractivity contribution >= 4 is 47.8 Å². The molecule has 0 saturated heterocycles. The van der Waals surface area contributed by atoms with Gasteiger partial charge >= 0.3 is 0 Å². The zero-order valence-electron chi connectivity index (χ0n) is 10.5. The predicted molar refractivity (Wildman–Crippen MR) is 81.6 cm³/mol. The van der Waals surface area contributed by atoms with Gasteiger partial charge in [-0.25, -0.2) is 12.7 Å². The first-order valence-corrected chi connectivity index (χ1v) is 8.57. The lowest BCUT2D eigenvalue weighted by Crippen LogP contribution is -2.34. The van der Waals surface area contributed by atoms with Crippen LogP contribution in [0.4, 0.5) is 0 Å². The SMILES string of the molecule is CN(C)S(=O)(=O)CCNC(=O)c1cc(Br)ccc1Br. The molecule has 8 heteroatoms. The Morgan fingerprint density at radius 1 is 1.32 bits per heavy atom. The molecule has 0 aliphatic heterocycles. The van der Waals surface area contributed by atoms with E-state index >= 15 is 0 Å². The summed E-state index contributed by atoms with van der Waals surface area (Å²) < 4.78 is 25.6. The fourth-order valence-corrected chi connectivity index (χ4v) is 2.76. The molecule has 0 spiro atoms. The van der Waals surface area contributed by atoms with E-state index in [9.17, 15) is 13.2 Å². The first kappa shape index (κ1) is 16.6. The molecule has 19 heavy (non-hydrogen) atoms. The van der Waals surface area contributed by atoms with Crippen molar-refractivity contribution < 1.29 is 13.2 Å². The summed E-state index contributed by atoms with van der Waals surface area (Å²) in [7, 11) is -0.376. The van der Waals surface area contributed by atoms with Crippen LogP contribution in [0.2, 0.25) is 0 Å². The van der Waals surface area contributed by atoms with E-state index in [1.807, 2.05) is 0 Å². The van der Waals surface area contributed by atoms with Gasteiger partial charge in [-0.15, -0.1) is 0 Å². The Bertz CT molecular complexity index is 573. The molecule has 0 aromatic heterocycles. The minimum atomic E-state index is -3.30. The highest BCUT2D eigenvalue weighted by atomic mass is 79.9. The number of carbonyl (C=O) groups excluding carboxylic acids is 1. The van der Waals surface area contributed by atoms with E-state index in [4.69, 9.17) is 0 Å². The number of nitrogens with zero attached hydrogens (tertiary/aromatic N) is 1. The molecule has 0 bridgehead atoms. The van der Waals surface area contributed by atoms with E-state index < -0.39 is 10.0 Å². The van der Waals surface area contributed by atoms with Crippen LogP contribution in [0.25, 0.3) is 0 Å². The number of sulfonamides is 1. The van der Waals surface area contributed by atoms with Gasteiger partial charge in [0, 0.05) is 29.6 Å². The third kappa shape index (κ3) is 4.87. The second kappa shape index (κ2) is 6.83. The molecular weight excluding hydrogens is 400 g/mol. The minimum Gasteiger partial charge on any atom is -0.351 e. The van der Waals surface area contributed by atoms with Crippen molar-refractivity contribution in [2.75, 3.05) is 26.4 Å². The molecule has 0 aliphatic rings. The summed E-state index contributed by atoms with van der Waals surface area (Å²) in [5, 5.41) is 2.58. The molecule has 0 atom stereocenters. The van der Waals surface area contributed by atoms with Crippen LogP contribution in [-0.4, -0.2) is 45.0 Å². The molecule has 0 fully saturated rings. The monoisotopic (exact) mass is 412 g/mol. The molecule has 0 saturated carbocycles. The summed E-state index contributed by atoms with van der Waals surface area (Å²) >= 11 is 6.56. The minimum absolute atomic E-state index is 0.0678. The van der Waals surface area contributed by atoms with Crippen LogP contribution in [0.1, 0.15) is 10.4 Å².